The van der Waals surface area contributed by atoms with Gasteiger partial charge < -0.3 is 10.1 Å². The van der Waals surface area contributed by atoms with Crippen LogP contribution in [-0.4, -0.2) is 27.5 Å². The molecule has 1 amide bonds. The van der Waals surface area contributed by atoms with E-state index in [-0.39, 0.29) is 10.6 Å². The number of ether oxygens (including phenoxy) is 1. The fourth-order valence-corrected chi connectivity index (χ4v) is 4.30. The highest BCUT2D eigenvalue weighted by Crippen LogP contribution is 2.24. The number of carbonyl (C=O) groups is 1. The van der Waals surface area contributed by atoms with Crippen LogP contribution in [0.25, 0.3) is 0 Å². The van der Waals surface area contributed by atoms with Gasteiger partial charge in [0.1, 0.15) is 24.7 Å². The predicted molar refractivity (Wildman–Crippen MR) is 123 cm³/mol. The molecule has 3 aromatic rings. The monoisotopic (exact) mass is 454 g/mol. The Hall–Kier alpha value is -3.65. The normalized spacial score (nSPS) is 10.9. The van der Waals surface area contributed by atoms with Crippen molar-refractivity contribution in [3.05, 3.63) is 96.8 Å². The summed E-state index contributed by atoms with van der Waals surface area (Å²) in [5.74, 6) is -0.452. The highest BCUT2D eigenvalue weighted by molar-refractivity contribution is 7.92. The Labute approximate surface area is 187 Å². The first-order valence-electron chi connectivity index (χ1n) is 9.78. The maximum atomic E-state index is 13.4. The van der Waals surface area contributed by atoms with Crippen LogP contribution in [0, 0.1) is 12.7 Å². The number of amides is 1. The summed E-state index contributed by atoms with van der Waals surface area (Å²) in [6, 6.07) is 17.9. The Kier molecular flexibility index (Phi) is 7.27. The number of carbonyl (C=O) groups excluding carboxylic acids is 1. The van der Waals surface area contributed by atoms with Gasteiger partial charge in [0.15, 0.2) is 0 Å². The van der Waals surface area contributed by atoms with Crippen LogP contribution in [0.2, 0.25) is 0 Å². The minimum absolute atomic E-state index is 0.0314. The summed E-state index contributed by atoms with van der Waals surface area (Å²) in [7, 11) is -4.07. The van der Waals surface area contributed by atoms with Crippen molar-refractivity contribution in [2.45, 2.75) is 11.8 Å². The van der Waals surface area contributed by atoms with Crippen molar-refractivity contribution >= 4 is 27.3 Å². The van der Waals surface area contributed by atoms with E-state index in [0.29, 0.717) is 18.0 Å². The third-order valence-corrected chi connectivity index (χ3v) is 6.30. The molecule has 3 rings (SSSR count). The fourth-order valence-electron chi connectivity index (χ4n) is 2.88. The Morgan fingerprint density at radius 1 is 1.03 bits per heavy atom. The smallest absolute Gasteiger partial charge is 0.264 e. The molecule has 0 aliphatic heterocycles. The summed E-state index contributed by atoms with van der Waals surface area (Å²) in [4.78, 5) is 12.7. The molecule has 32 heavy (non-hydrogen) atoms. The van der Waals surface area contributed by atoms with Crippen molar-refractivity contribution in [1.29, 1.82) is 0 Å². The molecule has 0 unspecified atom stereocenters. The Morgan fingerprint density at radius 3 is 2.25 bits per heavy atom. The van der Waals surface area contributed by atoms with Crippen LogP contribution in [0.3, 0.4) is 0 Å². The predicted octanol–water partition coefficient (Wildman–Crippen LogP) is 4.53. The van der Waals surface area contributed by atoms with Crippen molar-refractivity contribution in [3.8, 4) is 5.75 Å². The van der Waals surface area contributed by atoms with Gasteiger partial charge in [0.2, 0.25) is 5.91 Å². The van der Waals surface area contributed by atoms with Gasteiger partial charge in [-0.25, -0.2) is 12.8 Å². The van der Waals surface area contributed by atoms with Crippen molar-refractivity contribution < 1.29 is 22.3 Å². The molecule has 3 aromatic carbocycles. The molecule has 0 bridgehead atoms. The van der Waals surface area contributed by atoms with Crippen molar-refractivity contribution in [2.75, 3.05) is 22.8 Å². The average molecular weight is 455 g/mol. The second-order valence-corrected chi connectivity index (χ2v) is 8.84. The largest absolute Gasteiger partial charge is 0.490 e. The Morgan fingerprint density at radius 2 is 1.66 bits per heavy atom. The summed E-state index contributed by atoms with van der Waals surface area (Å²) in [5.41, 5.74) is 1.55. The van der Waals surface area contributed by atoms with E-state index in [1.807, 2.05) is 6.92 Å². The number of halogens is 1. The van der Waals surface area contributed by atoms with Crippen LogP contribution < -0.4 is 14.4 Å². The summed E-state index contributed by atoms with van der Waals surface area (Å²) in [6.45, 7) is 5.29. The van der Waals surface area contributed by atoms with Crippen molar-refractivity contribution in [1.82, 2.24) is 0 Å². The fraction of sp³-hybridized carbons (Fsp3) is 0.125. The van der Waals surface area contributed by atoms with E-state index in [4.69, 9.17) is 4.74 Å². The van der Waals surface area contributed by atoms with Gasteiger partial charge in [0.25, 0.3) is 10.0 Å². The van der Waals surface area contributed by atoms with E-state index in [1.54, 1.807) is 42.5 Å². The molecular weight excluding hydrogens is 431 g/mol. The molecule has 0 heterocycles. The molecule has 0 atom stereocenters. The third-order valence-electron chi connectivity index (χ3n) is 4.52. The SMILES string of the molecule is C=CCOc1ccc(NC(=O)CN(c2ccc(F)cc2)S(=O)(=O)c2ccc(C)cc2)cc1. The second kappa shape index (κ2) is 10.1. The minimum atomic E-state index is -4.07. The molecule has 0 saturated heterocycles. The lowest BCUT2D eigenvalue weighted by molar-refractivity contribution is -0.114. The standard InChI is InChI=1S/C24H23FN2O4S/c1-3-16-31-22-12-8-20(9-13-22)26-24(28)17-27(21-10-6-19(25)7-11-21)32(29,30)23-14-4-18(2)5-15-23/h3-15H,1,16-17H2,2H3,(H,26,28). The molecule has 0 aliphatic carbocycles. The summed E-state index contributed by atoms with van der Waals surface area (Å²) >= 11 is 0. The molecule has 166 valence electrons. The van der Waals surface area contributed by atoms with Crippen LogP contribution in [0.4, 0.5) is 15.8 Å². The molecular formula is C24H23FN2O4S. The topological polar surface area (TPSA) is 75.7 Å². The number of hydrogen-bond acceptors (Lipinski definition) is 4. The van der Waals surface area contributed by atoms with Crippen LogP contribution >= 0.6 is 0 Å². The summed E-state index contributed by atoms with van der Waals surface area (Å²) in [6.07, 6.45) is 1.62. The van der Waals surface area contributed by atoms with E-state index in [1.165, 1.54) is 24.3 Å². The van der Waals surface area contributed by atoms with Gasteiger partial charge >= 0.3 is 0 Å². The molecule has 0 spiro atoms. The zero-order valence-corrected chi connectivity index (χ0v) is 18.3. The molecule has 0 aromatic heterocycles. The molecule has 8 heteroatoms. The lowest BCUT2D eigenvalue weighted by atomic mass is 10.2. The lowest BCUT2D eigenvalue weighted by Crippen LogP contribution is -2.38. The first-order chi connectivity index (χ1) is 15.3. The maximum Gasteiger partial charge on any atom is 0.264 e. The van der Waals surface area contributed by atoms with Gasteiger partial charge in [0, 0.05) is 5.69 Å². The van der Waals surface area contributed by atoms with Gasteiger partial charge in [-0.3, -0.25) is 9.10 Å². The number of benzene rings is 3. The van der Waals surface area contributed by atoms with Gasteiger partial charge in [0.05, 0.1) is 10.6 Å². The van der Waals surface area contributed by atoms with Gasteiger partial charge in [-0.05, 0) is 67.6 Å². The zero-order valence-electron chi connectivity index (χ0n) is 17.5. The molecule has 6 nitrogen and oxygen atoms in total. The van der Waals surface area contributed by atoms with E-state index < -0.39 is 28.3 Å². The van der Waals surface area contributed by atoms with Crippen LogP contribution in [0.15, 0.2) is 90.3 Å². The highest BCUT2D eigenvalue weighted by Gasteiger charge is 2.27. The van der Waals surface area contributed by atoms with E-state index in [2.05, 4.69) is 11.9 Å². The van der Waals surface area contributed by atoms with Gasteiger partial charge in [-0.1, -0.05) is 30.4 Å². The van der Waals surface area contributed by atoms with Crippen molar-refractivity contribution in [3.63, 3.8) is 0 Å². The lowest BCUT2D eigenvalue weighted by Gasteiger charge is -2.24. The van der Waals surface area contributed by atoms with Crippen LogP contribution in [-0.2, 0) is 14.8 Å². The Bertz CT molecular complexity index is 1180. The maximum absolute atomic E-state index is 13.4. The molecule has 0 saturated carbocycles. The number of nitrogens with zero attached hydrogens (tertiary/aromatic N) is 1. The van der Waals surface area contributed by atoms with E-state index in [0.717, 1.165) is 22.0 Å². The van der Waals surface area contributed by atoms with Gasteiger partial charge in [-0.15, -0.1) is 0 Å². The Balaban J connectivity index is 1.84. The number of rotatable bonds is 9. The number of hydrogen-bond donors (Lipinski definition) is 1. The number of sulfonamides is 1. The van der Waals surface area contributed by atoms with Crippen LogP contribution in [0.5, 0.6) is 5.75 Å². The first kappa shape index (κ1) is 23.0. The second-order valence-electron chi connectivity index (χ2n) is 6.97. The molecule has 0 radical (unpaired) electrons. The molecule has 0 aliphatic rings. The summed E-state index contributed by atoms with van der Waals surface area (Å²) in [5, 5.41) is 2.67. The first-order valence-corrected chi connectivity index (χ1v) is 11.2. The number of anilines is 2. The zero-order chi connectivity index (χ0) is 23.1. The van der Waals surface area contributed by atoms with Gasteiger partial charge in [-0.2, -0.15) is 0 Å². The number of aryl methyl sites for hydroxylation is 1. The minimum Gasteiger partial charge on any atom is -0.490 e. The third kappa shape index (κ3) is 5.73. The van der Waals surface area contributed by atoms with Crippen molar-refractivity contribution in [2.24, 2.45) is 0 Å². The number of nitrogens with one attached hydrogen (secondary N) is 1. The quantitative estimate of drug-likeness (QED) is 0.482. The summed E-state index contributed by atoms with van der Waals surface area (Å²) < 4.78 is 46.3. The van der Waals surface area contributed by atoms with Crippen LogP contribution in [0.1, 0.15) is 5.56 Å². The van der Waals surface area contributed by atoms with E-state index >= 15 is 0 Å². The molecule has 1 N–H and O–H groups in total. The highest BCUT2D eigenvalue weighted by atomic mass is 32.2. The van der Waals surface area contributed by atoms with E-state index in [9.17, 15) is 17.6 Å². The average Bonchev–Trinajstić information content (AvgIpc) is 2.78. The molecule has 0 fully saturated rings.